The van der Waals surface area contributed by atoms with Crippen LogP contribution in [0.2, 0.25) is 0 Å². The average molecular weight is 466 g/mol. The molecule has 8 heteroatoms. The van der Waals surface area contributed by atoms with Gasteiger partial charge in [-0.15, -0.1) is 0 Å². The second kappa shape index (κ2) is 9.82. The largest absolute Gasteiger partial charge is 0.490 e. The number of benzene rings is 3. The maximum Gasteiger partial charge on any atom is 0.435 e. The number of hydrazone groups is 1. The molecule has 4 rings (SSSR count). The third-order valence-electron chi connectivity index (χ3n) is 4.96. The fourth-order valence-corrected chi connectivity index (χ4v) is 3.40. The number of carbonyl (C=O) groups excluding carboxylic acids is 1. The molecule has 0 aromatic heterocycles. The summed E-state index contributed by atoms with van der Waals surface area (Å²) < 4.78 is 52.6. The Morgan fingerprint density at radius 3 is 2.24 bits per heavy atom. The van der Waals surface area contributed by atoms with Crippen LogP contribution in [-0.4, -0.2) is 24.4 Å². The summed E-state index contributed by atoms with van der Waals surface area (Å²) in [6, 6.07) is 22.2. The molecule has 0 aliphatic carbocycles. The van der Waals surface area contributed by atoms with Gasteiger partial charge >= 0.3 is 6.18 Å². The van der Waals surface area contributed by atoms with Crippen LogP contribution in [0.25, 0.3) is 6.08 Å². The molecule has 0 fully saturated rings. The van der Waals surface area contributed by atoms with Crippen LogP contribution in [0.1, 0.15) is 18.1 Å². The standard InChI is InChI=1S/C26H21F3N2O3/c1-2-33-23-16-19(13-14-22(23)34-17-18-9-5-3-6-10-18)15-21-24(26(27,28)29)30-31(25(21)32)20-11-7-4-8-12-20/h3-16H,2,17H2,1H3/b21-15-. The van der Waals surface area contributed by atoms with Crippen molar-refractivity contribution in [1.29, 1.82) is 0 Å². The van der Waals surface area contributed by atoms with Crippen LogP contribution < -0.4 is 14.5 Å². The molecule has 1 heterocycles. The summed E-state index contributed by atoms with van der Waals surface area (Å²) in [7, 11) is 0. The number of hydrogen-bond acceptors (Lipinski definition) is 4. The summed E-state index contributed by atoms with van der Waals surface area (Å²) in [4.78, 5) is 12.9. The molecule has 0 spiro atoms. The molecule has 3 aromatic rings. The molecule has 0 atom stereocenters. The molecule has 34 heavy (non-hydrogen) atoms. The van der Waals surface area contributed by atoms with E-state index in [4.69, 9.17) is 9.47 Å². The van der Waals surface area contributed by atoms with Gasteiger partial charge in [-0.05, 0) is 48.4 Å². The molecule has 0 unspecified atom stereocenters. The molecular weight excluding hydrogens is 445 g/mol. The lowest BCUT2D eigenvalue weighted by atomic mass is 10.1. The van der Waals surface area contributed by atoms with Crippen molar-refractivity contribution in [3.05, 3.63) is 95.6 Å². The number of para-hydroxylation sites is 1. The van der Waals surface area contributed by atoms with E-state index in [0.29, 0.717) is 30.3 Å². The first-order chi connectivity index (χ1) is 16.4. The summed E-state index contributed by atoms with van der Waals surface area (Å²) in [5.74, 6) is -0.0502. The first-order valence-corrected chi connectivity index (χ1v) is 10.6. The van der Waals surface area contributed by atoms with E-state index in [1.807, 2.05) is 30.3 Å². The van der Waals surface area contributed by atoms with Gasteiger partial charge in [0.25, 0.3) is 5.91 Å². The van der Waals surface area contributed by atoms with Crippen molar-refractivity contribution >= 4 is 23.4 Å². The van der Waals surface area contributed by atoms with E-state index in [9.17, 15) is 18.0 Å². The molecule has 1 aliphatic rings. The van der Waals surface area contributed by atoms with Gasteiger partial charge in [-0.3, -0.25) is 4.79 Å². The molecule has 0 radical (unpaired) electrons. The predicted molar refractivity (Wildman–Crippen MR) is 124 cm³/mol. The Labute approximate surface area is 194 Å². The molecule has 0 bridgehead atoms. The van der Waals surface area contributed by atoms with Crippen molar-refractivity contribution in [1.82, 2.24) is 0 Å². The van der Waals surface area contributed by atoms with Crippen molar-refractivity contribution < 1.29 is 27.4 Å². The second-order valence-corrected chi connectivity index (χ2v) is 7.37. The number of rotatable bonds is 7. The summed E-state index contributed by atoms with van der Waals surface area (Å²) >= 11 is 0. The molecule has 174 valence electrons. The van der Waals surface area contributed by atoms with Crippen LogP contribution >= 0.6 is 0 Å². The van der Waals surface area contributed by atoms with Crippen molar-refractivity contribution in [2.24, 2.45) is 5.10 Å². The lowest BCUT2D eigenvalue weighted by molar-refractivity contribution is -0.114. The summed E-state index contributed by atoms with van der Waals surface area (Å²) in [6.07, 6.45) is -3.63. The molecule has 0 saturated carbocycles. The van der Waals surface area contributed by atoms with E-state index < -0.39 is 23.4 Å². The van der Waals surface area contributed by atoms with Crippen molar-refractivity contribution in [2.75, 3.05) is 11.6 Å². The number of amides is 1. The number of nitrogens with zero attached hydrogens (tertiary/aromatic N) is 2. The van der Waals surface area contributed by atoms with Gasteiger partial charge in [0.15, 0.2) is 17.2 Å². The Hall–Kier alpha value is -4.07. The van der Waals surface area contributed by atoms with E-state index in [1.54, 1.807) is 43.3 Å². The highest BCUT2D eigenvalue weighted by Crippen LogP contribution is 2.34. The van der Waals surface area contributed by atoms with Gasteiger partial charge in [-0.2, -0.15) is 23.3 Å². The maximum absolute atomic E-state index is 13.7. The highest BCUT2D eigenvalue weighted by molar-refractivity contribution is 6.34. The van der Waals surface area contributed by atoms with Gasteiger partial charge < -0.3 is 9.47 Å². The predicted octanol–water partition coefficient (Wildman–Crippen LogP) is 6.01. The summed E-state index contributed by atoms with van der Waals surface area (Å²) in [6.45, 7) is 2.42. The zero-order valence-corrected chi connectivity index (χ0v) is 18.3. The Morgan fingerprint density at radius 1 is 0.912 bits per heavy atom. The van der Waals surface area contributed by atoms with E-state index in [0.717, 1.165) is 10.6 Å². The molecular formula is C26H21F3N2O3. The monoisotopic (exact) mass is 466 g/mol. The molecule has 1 amide bonds. The van der Waals surface area contributed by atoms with Gasteiger partial charge in [0.05, 0.1) is 17.9 Å². The third-order valence-corrected chi connectivity index (χ3v) is 4.96. The van der Waals surface area contributed by atoms with E-state index >= 15 is 0 Å². The normalized spacial score (nSPS) is 14.9. The van der Waals surface area contributed by atoms with Crippen LogP contribution in [0.5, 0.6) is 11.5 Å². The first kappa shape index (κ1) is 23.1. The number of hydrogen-bond donors (Lipinski definition) is 0. The SMILES string of the molecule is CCOc1cc(/C=C2\C(=O)N(c3ccccc3)N=C2C(F)(F)F)ccc1OCc1ccccc1. The maximum atomic E-state index is 13.7. The second-order valence-electron chi connectivity index (χ2n) is 7.37. The fraction of sp³-hybridized carbons (Fsp3) is 0.154. The lowest BCUT2D eigenvalue weighted by Crippen LogP contribution is -2.25. The Kier molecular flexibility index (Phi) is 6.67. The minimum Gasteiger partial charge on any atom is -0.490 e. The van der Waals surface area contributed by atoms with Crippen LogP contribution in [-0.2, 0) is 11.4 Å². The van der Waals surface area contributed by atoms with Gasteiger partial charge in [-0.1, -0.05) is 54.6 Å². The zero-order valence-electron chi connectivity index (χ0n) is 18.3. The van der Waals surface area contributed by atoms with Crippen LogP contribution in [0.4, 0.5) is 18.9 Å². The molecule has 0 saturated heterocycles. The zero-order chi connectivity index (χ0) is 24.1. The minimum atomic E-state index is -4.80. The van der Waals surface area contributed by atoms with Crippen LogP contribution in [0.15, 0.2) is 89.5 Å². The summed E-state index contributed by atoms with van der Waals surface area (Å²) in [5, 5.41) is 4.34. The van der Waals surface area contributed by atoms with Crippen LogP contribution in [0.3, 0.4) is 0 Å². The molecule has 5 nitrogen and oxygen atoms in total. The van der Waals surface area contributed by atoms with Crippen molar-refractivity contribution in [2.45, 2.75) is 19.7 Å². The minimum absolute atomic E-state index is 0.248. The van der Waals surface area contributed by atoms with Gasteiger partial charge in [-0.25, -0.2) is 0 Å². The Morgan fingerprint density at radius 2 is 1.59 bits per heavy atom. The van der Waals surface area contributed by atoms with Gasteiger partial charge in [0.1, 0.15) is 6.61 Å². The number of alkyl halides is 3. The molecule has 0 N–H and O–H groups in total. The number of ether oxygens (including phenoxy) is 2. The molecule has 1 aliphatic heterocycles. The van der Waals surface area contributed by atoms with E-state index in [2.05, 4.69) is 5.10 Å². The number of anilines is 1. The Bertz CT molecular complexity index is 1220. The lowest BCUT2D eigenvalue weighted by Gasteiger charge is -2.13. The smallest absolute Gasteiger partial charge is 0.435 e. The summed E-state index contributed by atoms with van der Waals surface area (Å²) in [5.41, 5.74) is -0.233. The van der Waals surface area contributed by atoms with Gasteiger partial charge in [0, 0.05) is 0 Å². The van der Waals surface area contributed by atoms with E-state index in [-0.39, 0.29) is 5.69 Å². The van der Waals surface area contributed by atoms with Crippen molar-refractivity contribution in [3.8, 4) is 11.5 Å². The number of halogens is 3. The van der Waals surface area contributed by atoms with E-state index in [1.165, 1.54) is 18.2 Å². The highest BCUT2D eigenvalue weighted by Gasteiger charge is 2.46. The van der Waals surface area contributed by atoms with Crippen molar-refractivity contribution in [3.63, 3.8) is 0 Å². The van der Waals surface area contributed by atoms with Crippen LogP contribution in [0, 0.1) is 0 Å². The van der Waals surface area contributed by atoms with Gasteiger partial charge in [0.2, 0.25) is 0 Å². The molecule has 3 aromatic carbocycles. The first-order valence-electron chi connectivity index (χ1n) is 10.6. The number of carbonyl (C=O) groups is 1. The Balaban J connectivity index is 1.65. The highest BCUT2D eigenvalue weighted by atomic mass is 19.4. The quantitative estimate of drug-likeness (QED) is 0.401. The fourth-order valence-electron chi connectivity index (χ4n) is 3.40. The third kappa shape index (κ3) is 5.11. The average Bonchev–Trinajstić information content (AvgIpc) is 3.16. The topological polar surface area (TPSA) is 51.1 Å².